The number of amides is 3. The van der Waals surface area contributed by atoms with Crippen LogP contribution in [-0.4, -0.2) is 18.7 Å². The van der Waals surface area contributed by atoms with Crippen molar-refractivity contribution >= 4 is 29.4 Å². The van der Waals surface area contributed by atoms with Crippen molar-refractivity contribution in [3.05, 3.63) is 64.7 Å². The Balaban J connectivity index is 1.51. The third-order valence-electron chi connectivity index (χ3n) is 3.59. The van der Waals surface area contributed by atoms with Crippen LogP contribution in [0.5, 0.6) is 0 Å². The van der Waals surface area contributed by atoms with Gasteiger partial charge in [-0.25, -0.2) is 9.59 Å². The van der Waals surface area contributed by atoms with Gasteiger partial charge >= 0.3 is 12.1 Å². The molecule has 2 aromatic carbocycles. The monoisotopic (exact) mass is 345 g/mol. The minimum Gasteiger partial charge on any atom is -0.439 e. The average molecular weight is 346 g/mol. The molecule has 24 heavy (non-hydrogen) atoms. The van der Waals surface area contributed by atoms with Crippen LogP contribution in [0.2, 0.25) is 5.02 Å². The number of carbonyl (C=O) groups is 2. The average Bonchev–Trinajstić information content (AvgIpc) is 3.01. The molecule has 0 saturated carbocycles. The molecule has 0 spiro atoms. The Hall–Kier alpha value is -2.73. The molecule has 0 unspecified atom stereocenters. The van der Waals surface area contributed by atoms with Crippen molar-refractivity contribution in [1.82, 2.24) is 10.6 Å². The summed E-state index contributed by atoms with van der Waals surface area (Å²) >= 11 is 5.82. The molecule has 6 nitrogen and oxygen atoms in total. The van der Waals surface area contributed by atoms with Crippen molar-refractivity contribution in [3.8, 4) is 0 Å². The first-order valence-corrected chi connectivity index (χ1v) is 7.82. The number of hydrogen-bond donors (Lipinski definition) is 3. The number of benzene rings is 2. The number of cyclic esters (lactones) is 1. The molecular weight excluding hydrogens is 330 g/mol. The second kappa shape index (κ2) is 7.23. The Morgan fingerprint density at radius 2 is 1.88 bits per heavy atom. The summed E-state index contributed by atoms with van der Waals surface area (Å²) in [5.41, 5.74) is 2.49. The summed E-state index contributed by atoms with van der Waals surface area (Å²) in [4.78, 5) is 23.0. The standard InChI is InChI=1S/C17H16ClN3O3/c18-13-5-1-11(2-6-13)9-19-16(22)21-14-7-3-12(4-8-14)15-10-20-17(23)24-15/h1-8,15H,9-10H2,(H,20,23)(H2,19,21,22)/t15-/m1/s1. The lowest BCUT2D eigenvalue weighted by molar-refractivity contribution is 0.141. The van der Waals surface area contributed by atoms with E-state index in [0.29, 0.717) is 23.8 Å². The van der Waals surface area contributed by atoms with Crippen LogP contribution >= 0.6 is 11.6 Å². The van der Waals surface area contributed by atoms with E-state index in [-0.39, 0.29) is 12.1 Å². The van der Waals surface area contributed by atoms with E-state index < -0.39 is 6.09 Å². The van der Waals surface area contributed by atoms with Gasteiger partial charge in [-0.3, -0.25) is 0 Å². The fraction of sp³-hybridized carbons (Fsp3) is 0.176. The molecule has 1 atom stereocenters. The number of nitrogens with one attached hydrogen (secondary N) is 3. The van der Waals surface area contributed by atoms with Gasteiger partial charge in [-0.15, -0.1) is 0 Å². The molecule has 1 aliphatic rings. The fourth-order valence-electron chi connectivity index (χ4n) is 2.32. The van der Waals surface area contributed by atoms with Crippen LogP contribution in [0.1, 0.15) is 17.2 Å². The molecule has 1 heterocycles. The third-order valence-corrected chi connectivity index (χ3v) is 3.84. The molecule has 3 amide bonds. The predicted molar refractivity (Wildman–Crippen MR) is 91.0 cm³/mol. The van der Waals surface area contributed by atoms with Gasteiger partial charge in [0.05, 0.1) is 6.54 Å². The number of carbonyl (C=O) groups excluding carboxylic acids is 2. The number of rotatable bonds is 4. The molecule has 124 valence electrons. The Morgan fingerprint density at radius 3 is 2.50 bits per heavy atom. The van der Waals surface area contributed by atoms with Crippen molar-refractivity contribution in [1.29, 1.82) is 0 Å². The van der Waals surface area contributed by atoms with Crippen molar-refractivity contribution in [2.24, 2.45) is 0 Å². The van der Waals surface area contributed by atoms with E-state index in [9.17, 15) is 9.59 Å². The van der Waals surface area contributed by atoms with Crippen molar-refractivity contribution in [2.75, 3.05) is 11.9 Å². The van der Waals surface area contributed by atoms with Gasteiger partial charge in [-0.1, -0.05) is 35.9 Å². The second-order valence-corrected chi connectivity index (χ2v) is 5.77. The highest BCUT2D eigenvalue weighted by Gasteiger charge is 2.23. The van der Waals surface area contributed by atoms with Gasteiger partial charge in [0.15, 0.2) is 0 Å². The Morgan fingerprint density at radius 1 is 1.17 bits per heavy atom. The van der Waals surface area contributed by atoms with Crippen molar-refractivity contribution in [2.45, 2.75) is 12.6 Å². The number of anilines is 1. The molecule has 1 aliphatic heterocycles. The minimum atomic E-state index is -0.413. The van der Waals surface area contributed by atoms with Gasteiger partial charge in [-0.2, -0.15) is 0 Å². The summed E-state index contributed by atoms with van der Waals surface area (Å²) < 4.78 is 5.11. The lowest BCUT2D eigenvalue weighted by Gasteiger charge is -2.10. The highest BCUT2D eigenvalue weighted by molar-refractivity contribution is 6.30. The van der Waals surface area contributed by atoms with Gasteiger partial charge in [0.1, 0.15) is 6.10 Å². The normalized spacial score (nSPS) is 16.2. The van der Waals surface area contributed by atoms with Gasteiger partial charge in [0, 0.05) is 17.3 Å². The highest BCUT2D eigenvalue weighted by Crippen LogP contribution is 2.22. The predicted octanol–water partition coefficient (Wildman–Crippen LogP) is 3.44. The maximum Gasteiger partial charge on any atom is 0.407 e. The third kappa shape index (κ3) is 4.17. The largest absolute Gasteiger partial charge is 0.439 e. The van der Waals surface area contributed by atoms with Crippen molar-refractivity contribution in [3.63, 3.8) is 0 Å². The maximum absolute atomic E-state index is 11.9. The van der Waals surface area contributed by atoms with Crippen LogP contribution in [0, 0.1) is 0 Å². The summed E-state index contributed by atoms with van der Waals surface area (Å²) in [7, 11) is 0. The zero-order valence-electron chi connectivity index (χ0n) is 12.7. The van der Waals surface area contributed by atoms with E-state index in [2.05, 4.69) is 16.0 Å². The Labute approximate surface area is 144 Å². The Kier molecular flexibility index (Phi) is 4.86. The molecule has 2 aromatic rings. The molecule has 1 fully saturated rings. The summed E-state index contributed by atoms with van der Waals surface area (Å²) in [5, 5.41) is 8.78. The van der Waals surface area contributed by atoms with Crippen molar-refractivity contribution < 1.29 is 14.3 Å². The SMILES string of the molecule is O=C(NCc1ccc(Cl)cc1)Nc1ccc([C@H]2CNC(=O)O2)cc1. The first-order valence-electron chi connectivity index (χ1n) is 7.44. The fourth-order valence-corrected chi connectivity index (χ4v) is 2.44. The van der Waals surface area contributed by atoms with Crippen LogP contribution in [0.3, 0.4) is 0 Å². The molecule has 3 rings (SSSR count). The molecule has 0 aliphatic carbocycles. The summed E-state index contributed by atoms with van der Waals surface area (Å²) in [6, 6.07) is 14.1. The molecule has 7 heteroatoms. The van der Waals surface area contributed by atoms with E-state index in [4.69, 9.17) is 16.3 Å². The quantitative estimate of drug-likeness (QED) is 0.794. The van der Waals surface area contributed by atoms with E-state index in [1.54, 1.807) is 24.3 Å². The van der Waals surface area contributed by atoms with Crippen LogP contribution in [-0.2, 0) is 11.3 Å². The highest BCUT2D eigenvalue weighted by atomic mass is 35.5. The number of urea groups is 1. The van der Waals surface area contributed by atoms with Gasteiger partial charge in [0.25, 0.3) is 0 Å². The molecule has 0 bridgehead atoms. The number of alkyl carbamates (subject to hydrolysis) is 1. The topological polar surface area (TPSA) is 79.5 Å². The minimum absolute atomic E-state index is 0.287. The summed E-state index contributed by atoms with van der Waals surface area (Å²) in [6.07, 6.45) is -0.700. The first-order chi connectivity index (χ1) is 11.6. The second-order valence-electron chi connectivity index (χ2n) is 5.33. The van der Waals surface area contributed by atoms with E-state index in [1.807, 2.05) is 24.3 Å². The zero-order valence-corrected chi connectivity index (χ0v) is 13.5. The Bertz CT molecular complexity index is 732. The smallest absolute Gasteiger partial charge is 0.407 e. The lowest BCUT2D eigenvalue weighted by Crippen LogP contribution is -2.28. The molecular formula is C17H16ClN3O3. The van der Waals surface area contributed by atoms with Crippen LogP contribution < -0.4 is 16.0 Å². The molecule has 1 saturated heterocycles. The van der Waals surface area contributed by atoms with E-state index in [0.717, 1.165) is 11.1 Å². The van der Waals surface area contributed by atoms with E-state index in [1.165, 1.54) is 0 Å². The van der Waals surface area contributed by atoms with Gasteiger partial charge in [-0.05, 0) is 35.4 Å². The summed E-state index contributed by atoms with van der Waals surface area (Å²) in [5.74, 6) is 0. The number of ether oxygens (including phenoxy) is 1. The zero-order chi connectivity index (χ0) is 16.9. The summed E-state index contributed by atoms with van der Waals surface area (Å²) in [6.45, 7) is 0.859. The number of halogens is 1. The maximum atomic E-state index is 11.9. The van der Waals surface area contributed by atoms with Gasteiger partial charge < -0.3 is 20.7 Å². The van der Waals surface area contributed by atoms with Crippen LogP contribution in [0.15, 0.2) is 48.5 Å². The lowest BCUT2D eigenvalue weighted by atomic mass is 10.1. The molecule has 0 aromatic heterocycles. The van der Waals surface area contributed by atoms with Crippen LogP contribution in [0.4, 0.5) is 15.3 Å². The van der Waals surface area contributed by atoms with E-state index >= 15 is 0 Å². The first kappa shape index (κ1) is 16.1. The molecule has 0 radical (unpaired) electrons. The molecule has 3 N–H and O–H groups in total. The number of hydrogen-bond acceptors (Lipinski definition) is 3. The van der Waals surface area contributed by atoms with Crippen LogP contribution in [0.25, 0.3) is 0 Å². The van der Waals surface area contributed by atoms with Gasteiger partial charge in [0.2, 0.25) is 0 Å².